The molecule has 0 aliphatic heterocycles. The number of benzene rings is 1. The van der Waals surface area contributed by atoms with Gasteiger partial charge in [0.1, 0.15) is 23.0 Å². The molecule has 0 fully saturated rings. The number of aromatic amines is 1. The summed E-state index contributed by atoms with van der Waals surface area (Å²) in [6.07, 6.45) is 3.16. The molecule has 0 spiro atoms. The van der Waals surface area contributed by atoms with Gasteiger partial charge >= 0.3 is 5.97 Å². The molecule has 0 saturated carbocycles. The summed E-state index contributed by atoms with van der Waals surface area (Å²) in [6, 6.07) is 2.54. The summed E-state index contributed by atoms with van der Waals surface area (Å²) < 4.78 is 47.0. The van der Waals surface area contributed by atoms with Crippen molar-refractivity contribution in [3.05, 3.63) is 58.1 Å². The van der Waals surface area contributed by atoms with Crippen molar-refractivity contribution in [1.29, 1.82) is 0 Å². The first kappa shape index (κ1) is 28.9. The zero-order chi connectivity index (χ0) is 30.5. The molecule has 5 aromatic rings. The van der Waals surface area contributed by atoms with Crippen molar-refractivity contribution in [3.63, 3.8) is 0 Å². The van der Waals surface area contributed by atoms with Crippen LogP contribution >= 0.6 is 0 Å². The van der Waals surface area contributed by atoms with Crippen LogP contribution in [-0.2, 0) is 7.05 Å². The Morgan fingerprint density at radius 1 is 1.19 bits per heavy atom. The topological polar surface area (TPSA) is 119 Å². The second kappa shape index (κ2) is 11.0. The lowest BCUT2D eigenvalue weighted by Gasteiger charge is -2.31. The fourth-order valence-electron chi connectivity index (χ4n) is 5.27. The number of alkyl halides is 1. The van der Waals surface area contributed by atoms with Gasteiger partial charge in [-0.2, -0.15) is 0 Å². The summed E-state index contributed by atoms with van der Waals surface area (Å²) >= 11 is 0. The van der Waals surface area contributed by atoms with E-state index in [2.05, 4.69) is 20.3 Å². The first-order valence-corrected chi connectivity index (χ1v) is 13.2. The Bertz CT molecular complexity index is 1920. The summed E-state index contributed by atoms with van der Waals surface area (Å²) in [7, 11) is 6.76. The Balaban J connectivity index is 1.93. The van der Waals surface area contributed by atoms with Crippen molar-refractivity contribution in [2.24, 2.45) is 7.05 Å². The molecule has 0 bridgehead atoms. The molecular formula is C29H30F3N7O3. The Morgan fingerprint density at radius 2 is 1.93 bits per heavy atom. The summed E-state index contributed by atoms with van der Waals surface area (Å²) in [6.45, 7) is 1.85. The zero-order valence-corrected chi connectivity index (χ0v) is 23.7. The van der Waals surface area contributed by atoms with Crippen LogP contribution in [0.5, 0.6) is 0 Å². The number of aromatic carboxylic acids is 1. The van der Waals surface area contributed by atoms with Crippen molar-refractivity contribution >= 4 is 50.3 Å². The van der Waals surface area contributed by atoms with Gasteiger partial charge in [0.2, 0.25) is 5.43 Å². The molecule has 0 amide bonds. The SMILES string of the molecule is CC[C@H](F)CN(CN(C)C)c1c(-c2cnc3c(c2)c(=O)c(C(=O)O)cn3C)cnc2[nH]c3c(NC)cc(F)c(F)c3c12. The fourth-order valence-corrected chi connectivity index (χ4v) is 5.27. The van der Waals surface area contributed by atoms with Crippen LogP contribution in [0, 0.1) is 11.6 Å². The molecule has 3 N–H and O–H groups in total. The summed E-state index contributed by atoms with van der Waals surface area (Å²) in [4.78, 5) is 40.4. The van der Waals surface area contributed by atoms with E-state index in [0.717, 1.165) is 6.07 Å². The highest BCUT2D eigenvalue weighted by Crippen LogP contribution is 2.43. The molecule has 220 valence electrons. The highest BCUT2D eigenvalue weighted by Gasteiger charge is 2.27. The van der Waals surface area contributed by atoms with Gasteiger partial charge in [0.15, 0.2) is 11.6 Å². The van der Waals surface area contributed by atoms with E-state index < -0.39 is 34.8 Å². The number of pyridine rings is 3. The number of fused-ring (bicyclic) bond motifs is 4. The number of halogens is 3. The van der Waals surface area contributed by atoms with Crippen molar-refractivity contribution < 1.29 is 23.1 Å². The van der Waals surface area contributed by atoms with Crippen LogP contribution in [0.15, 0.2) is 35.5 Å². The van der Waals surface area contributed by atoms with E-state index in [1.807, 2.05) is 4.90 Å². The van der Waals surface area contributed by atoms with E-state index >= 15 is 8.78 Å². The number of carbonyl (C=O) groups is 1. The molecular weight excluding hydrogens is 551 g/mol. The third kappa shape index (κ3) is 4.79. The summed E-state index contributed by atoms with van der Waals surface area (Å²) in [5.41, 5.74) is 1.04. The largest absolute Gasteiger partial charge is 0.477 e. The molecule has 0 unspecified atom stereocenters. The first-order chi connectivity index (χ1) is 20.0. The van der Waals surface area contributed by atoms with Crippen molar-refractivity contribution in [2.75, 3.05) is 44.6 Å². The molecule has 1 aromatic carbocycles. The maximum Gasteiger partial charge on any atom is 0.341 e. The second-order valence-electron chi connectivity index (χ2n) is 10.4. The minimum absolute atomic E-state index is 0.0469. The molecule has 0 radical (unpaired) electrons. The maximum absolute atomic E-state index is 15.6. The third-order valence-electron chi connectivity index (χ3n) is 7.22. The molecule has 4 aromatic heterocycles. The van der Waals surface area contributed by atoms with Gasteiger partial charge in [-0.3, -0.25) is 9.69 Å². The number of nitrogens with zero attached hydrogens (tertiary/aromatic N) is 5. The quantitative estimate of drug-likeness (QED) is 0.214. The number of carboxylic acids is 1. The standard InChI is InChI=1S/C29H30F3N7O3/c1-6-15(30)11-39(13-37(3)4)25-17(14-7-16-26(40)18(29(41)42)12-38(5)28(16)35-9-14)10-34-27-22(25)21-23(32)19(31)8-20(33-2)24(21)36-27/h7-10,12,15,33H,6,11,13H2,1-5H3,(H,34,36)(H,41,42)/t15-/m0/s1. The normalized spacial score (nSPS) is 12.5. The van der Waals surface area contributed by atoms with Gasteiger partial charge in [0.25, 0.3) is 0 Å². The molecule has 0 saturated heterocycles. The van der Waals surface area contributed by atoms with Gasteiger partial charge in [0.05, 0.1) is 46.3 Å². The molecule has 1 atom stereocenters. The van der Waals surface area contributed by atoms with Gasteiger partial charge in [-0.15, -0.1) is 0 Å². The predicted octanol–water partition coefficient (Wildman–Crippen LogP) is 4.72. The van der Waals surface area contributed by atoms with E-state index in [1.165, 1.54) is 29.2 Å². The predicted molar refractivity (Wildman–Crippen MR) is 157 cm³/mol. The van der Waals surface area contributed by atoms with Gasteiger partial charge in [-0.1, -0.05) is 6.92 Å². The van der Waals surface area contributed by atoms with Crippen LogP contribution in [0.25, 0.3) is 44.1 Å². The number of aryl methyl sites for hydroxylation is 1. The summed E-state index contributed by atoms with van der Waals surface area (Å²) in [5, 5.41) is 12.7. The van der Waals surface area contributed by atoms with Gasteiger partial charge < -0.3 is 24.9 Å². The minimum Gasteiger partial charge on any atom is -0.477 e. The molecule has 0 aliphatic rings. The van der Waals surface area contributed by atoms with E-state index in [0.29, 0.717) is 22.5 Å². The lowest BCUT2D eigenvalue weighted by atomic mass is 10.0. The highest BCUT2D eigenvalue weighted by molar-refractivity contribution is 6.18. The Kier molecular flexibility index (Phi) is 7.54. The number of H-pyrrole nitrogens is 1. The highest BCUT2D eigenvalue weighted by atomic mass is 19.2. The number of rotatable bonds is 9. The van der Waals surface area contributed by atoms with Crippen LogP contribution in [0.4, 0.5) is 24.5 Å². The van der Waals surface area contributed by atoms with Crippen molar-refractivity contribution in [2.45, 2.75) is 19.5 Å². The molecule has 42 heavy (non-hydrogen) atoms. The maximum atomic E-state index is 15.6. The molecule has 13 heteroatoms. The van der Waals surface area contributed by atoms with Crippen LogP contribution in [0.1, 0.15) is 23.7 Å². The van der Waals surface area contributed by atoms with E-state index in [9.17, 15) is 19.1 Å². The monoisotopic (exact) mass is 581 g/mol. The van der Waals surface area contributed by atoms with Crippen LogP contribution in [-0.4, -0.2) is 76.0 Å². The number of hydrogen-bond donors (Lipinski definition) is 3. The lowest BCUT2D eigenvalue weighted by Crippen LogP contribution is -2.38. The number of nitrogens with one attached hydrogen (secondary N) is 2. The minimum atomic E-state index is -1.38. The lowest BCUT2D eigenvalue weighted by molar-refractivity contribution is 0.0695. The van der Waals surface area contributed by atoms with E-state index in [-0.39, 0.29) is 52.6 Å². The second-order valence-corrected chi connectivity index (χ2v) is 10.4. The van der Waals surface area contributed by atoms with Gasteiger partial charge in [-0.25, -0.2) is 27.9 Å². The molecule has 10 nitrogen and oxygen atoms in total. The van der Waals surface area contributed by atoms with Gasteiger partial charge in [0, 0.05) is 49.9 Å². The Morgan fingerprint density at radius 3 is 2.57 bits per heavy atom. The molecule has 5 rings (SSSR count). The zero-order valence-electron chi connectivity index (χ0n) is 23.7. The van der Waals surface area contributed by atoms with Gasteiger partial charge in [-0.05, 0) is 26.6 Å². The number of carboxylic acid groups (broad SMARTS) is 1. The number of hydrogen-bond acceptors (Lipinski definition) is 7. The Hall–Kier alpha value is -4.65. The van der Waals surface area contributed by atoms with Crippen LogP contribution in [0.2, 0.25) is 0 Å². The fraction of sp³-hybridized carbons (Fsp3) is 0.310. The number of aromatic nitrogens is 4. The van der Waals surface area contributed by atoms with Crippen LogP contribution in [0.3, 0.4) is 0 Å². The molecule has 4 heterocycles. The van der Waals surface area contributed by atoms with E-state index in [4.69, 9.17) is 0 Å². The third-order valence-corrected chi connectivity index (χ3v) is 7.22. The Labute approximate surface area is 238 Å². The average Bonchev–Trinajstić information content (AvgIpc) is 3.35. The van der Waals surface area contributed by atoms with Crippen molar-refractivity contribution in [3.8, 4) is 11.1 Å². The van der Waals surface area contributed by atoms with E-state index in [1.54, 1.807) is 40.0 Å². The number of anilines is 2. The smallest absolute Gasteiger partial charge is 0.341 e. The first-order valence-electron chi connectivity index (χ1n) is 13.2. The average molecular weight is 582 g/mol. The van der Waals surface area contributed by atoms with Crippen LogP contribution < -0.4 is 15.6 Å². The van der Waals surface area contributed by atoms with Crippen molar-refractivity contribution in [1.82, 2.24) is 24.4 Å². The summed E-state index contributed by atoms with van der Waals surface area (Å²) in [5.74, 6) is -3.55. The molecule has 0 aliphatic carbocycles.